The molecule has 0 radical (unpaired) electrons. The number of sulfonamides is 1. The standard InChI is InChI=1S/C11H6BrClFNO4S2/c12-10-9(4-8(20-10)11(16)17)21(18,19)15-7-2-5(13)1-6(14)3-7/h1-4,15H,(H,16,17). The lowest BCUT2D eigenvalue weighted by Gasteiger charge is -2.07. The zero-order valence-corrected chi connectivity index (χ0v) is 13.9. The Labute approximate surface area is 136 Å². The van der Waals surface area contributed by atoms with Gasteiger partial charge in [-0.3, -0.25) is 4.72 Å². The van der Waals surface area contributed by atoms with Crippen molar-refractivity contribution in [2.45, 2.75) is 4.90 Å². The fourth-order valence-corrected chi connectivity index (χ4v) is 5.13. The zero-order valence-electron chi connectivity index (χ0n) is 9.93. The molecule has 0 fully saturated rings. The van der Waals surface area contributed by atoms with Crippen molar-refractivity contribution in [3.05, 3.63) is 43.8 Å². The van der Waals surface area contributed by atoms with Crippen molar-refractivity contribution < 1.29 is 22.7 Å². The van der Waals surface area contributed by atoms with Gasteiger partial charge >= 0.3 is 5.97 Å². The van der Waals surface area contributed by atoms with Gasteiger partial charge in [-0.1, -0.05) is 11.6 Å². The summed E-state index contributed by atoms with van der Waals surface area (Å²) in [6.07, 6.45) is 0. The van der Waals surface area contributed by atoms with Gasteiger partial charge in [0.15, 0.2) is 0 Å². The van der Waals surface area contributed by atoms with E-state index >= 15 is 0 Å². The Morgan fingerprint density at radius 1 is 1.33 bits per heavy atom. The Morgan fingerprint density at radius 2 is 2.00 bits per heavy atom. The first-order chi connectivity index (χ1) is 9.69. The van der Waals surface area contributed by atoms with Gasteiger partial charge in [0.2, 0.25) is 0 Å². The van der Waals surface area contributed by atoms with Crippen molar-refractivity contribution >= 4 is 60.5 Å². The van der Waals surface area contributed by atoms with E-state index in [4.69, 9.17) is 16.7 Å². The maximum atomic E-state index is 13.2. The number of benzene rings is 1. The minimum atomic E-state index is -4.07. The normalized spacial score (nSPS) is 11.4. The monoisotopic (exact) mass is 413 g/mol. The molecule has 1 aromatic heterocycles. The van der Waals surface area contributed by atoms with Crippen LogP contribution in [0.4, 0.5) is 10.1 Å². The molecule has 2 rings (SSSR count). The van der Waals surface area contributed by atoms with Crippen LogP contribution in [-0.2, 0) is 10.0 Å². The highest BCUT2D eigenvalue weighted by Gasteiger charge is 2.23. The topological polar surface area (TPSA) is 83.5 Å². The molecule has 112 valence electrons. The van der Waals surface area contributed by atoms with E-state index in [0.717, 1.165) is 29.5 Å². The Bertz CT molecular complexity index is 801. The molecular formula is C11H6BrClFNO4S2. The first kappa shape index (κ1) is 16.2. The molecule has 0 bridgehead atoms. The summed E-state index contributed by atoms with van der Waals surface area (Å²) < 4.78 is 39.8. The first-order valence-electron chi connectivity index (χ1n) is 5.20. The van der Waals surface area contributed by atoms with E-state index in [-0.39, 0.29) is 24.3 Å². The highest BCUT2D eigenvalue weighted by atomic mass is 79.9. The lowest BCUT2D eigenvalue weighted by molar-refractivity contribution is 0.0702. The molecule has 0 saturated carbocycles. The van der Waals surface area contributed by atoms with Crippen molar-refractivity contribution in [1.82, 2.24) is 0 Å². The second-order valence-electron chi connectivity index (χ2n) is 3.82. The molecule has 0 unspecified atom stereocenters. The lowest BCUT2D eigenvalue weighted by Crippen LogP contribution is -2.13. The van der Waals surface area contributed by atoms with Crippen LogP contribution >= 0.6 is 38.9 Å². The van der Waals surface area contributed by atoms with Gasteiger partial charge in [0.25, 0.3) is 10.0 Å². The van der Waals surface area contributed by atoms with Crippen molar-refractivity contribution in [3.63, 3.8) is 0 Å². The molecule has 0 aliphatic carbocycles. The fourth-order valence-electron chi connectivity index (χ4n) is 1.46. The summed E-state index contributed by atoms with van der Waals surface area (Å²) in [5, 5.41) is 8.89. The van der Waals surface area contributed by atoms with Gasteiger partial charge in [-0.25, -0.2) is 17.6 Å². The third-order valence-corrected chi connectivity index (χ3v) is 6.11. The fraction of sp³-hybridized carbons (Fsp3) is 0. The van der Waals surface area contributed by atoms with Crippen LogP contribution < -0.4 is 4.72 Å². The number of hydrogen-bond donors (Lipinski definition) is 2. The quantitative estimate of drug-likeness (QED) is 0.797. The molecule has 1 aromatic carbocycles. The number of halogens is 3. The van der Waals surface area contributed by atoms with Gasteiger partial charge in [0, 0.05) is 5.02 Å². The van der Waals surface area contributed by atoms with Crippen LogP contribution in [0.25, 0.3) is 0 Å². The van der Waals surface area contributed by atoms with E-state index < -0.39 is 21.8 Å². The maximum absolute atomic E-state index is 13.2. The predicted octanol–water partition coefficient (Wildman–Crippen LogP) is 3.80. The van der Waals surface area contributed by atoms with Crippen LogP contribution in [0.3, 0.4) is 0 Å². The van der Waals surface area contributed by atoms with Crippen LogP contribution in [0.5, 0.6) is 0 Å². The molecule has 1 heterocycles. The number of thiophene rings is 1. The summed E-state index contributed by atoms with van der Waals surface area (Å²) in [7, 11) is -4.07. The van der Waals surface area contributed by atoms with Crippen LogP contribution in [0.2, 0.25) is 5.02 Å². The van der Waals surface area contributed by atoms with Gasteiger partial charge < -0.3 is 5.11 Å². The Balaban J connectivity index is 2.40. The molecule has 0 atom stereocenters. The molecule has 0 aliphatic heterocycles. The molecule has 10 heteroatoms. The van der Waals surface area contributed by atoms with E-state index in [2.05, 4.69) is 20.7 Å². The van der Waals surface area contributed by atoms with E-state index in [1.807, 2.05) is 0 Å². The SMILES string of the molecule is O=C(O)c1cc(S(=O)(=O)Nc2cc(F)cc(Cl)c2)c(Br)s1. The minimum absolute atomic E-state index is 0.0308. The summed E-state index contributed by atoms with van der Waals surface area (Å²) in [6.45, 7) is 0. The molecule has 0 aliphatic rings. The van der Waals surface area contributed by atoms with Crippen LogP contribution in [-0.4, -0.2) is 19.5 Å². The maximum Gasteiger partial charge on any atom is 0.345 e. The average molecular weight is 415 g/mol. The van der Waals surface area contributed by atoms with Gasteiger partial charge in [0.05, 0.1) is 9.47 Å². The number of hydrogen-bond acceptors (Lipinski definition) is 4. The number of carbonyl (C=O) groups is 1. The Hall–Kier alpha value is -1.16. The van der Waals surface area contributed by atoms with Crippen molar-refractivity contribution in [2.75, 3.05) is 4.72 Å². The van der Waals surface area contributed by atoms with E-state index in [0.29, 0.717) is 0 Å². The number of nitrogens with one attached hydrogen (secondary N) is 1. The Morgan fingerprint density at radius 3 is 2.52 bits per heavy atom. The molecule has 21 heavy (non-hydrogen) atoms. The molecule has 0 saturated heterocycles. The number of carboxylic acid groups (broad SMARTS) is 1. The summed E-state index contributed by atoms with van der Waals surface area (Å²) >= 11 is 9.41. The predicted molar refractivity (Wildman–Crippen MR) is 81.2 cm³/mol. The van der Waals surface area contributed by atoms with Gasteiger partial charge in [-0.05, 0) is 40.2 Å². The second kappa shape index (κ2) is 5.91. The molecule has 2 N–H and O–H groups in total. The lowest BCUT2D eigenvalue weighted by atomic mass is 10.3. The smallest absolute Gasteiger partial charge is 0.345 e. The molecule has 5 nitrogen and oxygen atoms in total. The number of rotatable bonds is 4. The van der Waals surface area contributed by atoms with Gasteiger partial charge in [-0.15, -0.1) is 11.3 Å². The number of anilines is 1. The average Bonchev–Trinajstić information content (AvgIpc) is 2.70. The summed E-state index contributed by atoms with van der Waals surface area (Å²) in [6, 6.07) is 4.24. The van der Waals surface area contributed by atoms with E-state index in [1.54, 1.807) is 0 Å². The number of aromatic carboxylic acids is 1. The summed E-state index contributed by atoms with van der Waals surface area (Å²) in [5.41, 5.74) is -0.0602. The van der Waals surface area contributed by atoms with Crippen molar-refractivity contribution in [2.24, 2.45) is 0 Å². The van der Waals surface area contributed by atoms with Crippen LogP contribution in [0, 0.1) is 5.82 Å². The van der Waals surface area contributed by atoms with Crippen LogP contribution in [0.15, 0.2) is 32.9 Å². The minimum Gasteiger partial charge on any atom is -0.477 e. The molecule has 0 spiro atoms. The largest absolute Gasteiger partial charge is 0.477 e. The second-order valence-corrected chi connectivity index (χ2v) is 8.27. The van der Waals surface area contributed by atoms with Crippen molar-refractivity contribution in [3.8, 4) is 0 Å². The van der Waals surface area contributed by atoms with Gasteiger partial charge in [-0.2, -0.15) is 0 Å². The van der Waals surface area contributed by atoms with Crippen LogP contribution in [0.1, 0.15) is 9.67 Å². The summed E-state index contributed by atoms with van der Waals surface area (Å²) in [5.74, 6) is -1.94. The highest BCUT2D eigenvalue weighted by molar-refractivity contribution is 9.11. The summed E-state index contributed by atoms with van der Waals surface area (Å²) in [4.78, 5) is 10.5. The zero-order chi connectivity index (χ0) is 15.8. The van der Waals surface area contributed by atoms with E-state index in [9.17, 15) is 17.6 Å². The molecule has 0 amide bonds. The van der Waals surface area contributed by atoms with Crippen molar-refractivity contribution in [1.29, 1.82) is 0 Å². The van der Waals surface area contributed by atoms with Gasteiger partial charge in [0.1, 0.15) is 15.6 Å². The Kier molecular flexibility index (Phi) is 4.57. The molecular weight excluding hydrogens is 409 g/mol. The highest BCUT2D eigenvalue weighted by Crippen LogP contribution is 2.33. The third-order valence-electron chi connectivity index (χ3n) is 2.27. The third kappa shape index (κ3) is 3.73. The van der Waals surface area contributed by atoms with E-state index in [1.165, 1.54) is 6.07 Å². The first-order valence-corrected chi connectivity index (χ1v) is 8.67. The number of carboxylic acids is 1. The molecule has 2 aromatic rings.